The quantitative estimate of drug-likeness (QED) is 0.543. The number of amides is 3. The van der Waals surface area contributed by atoms with Crippen LogP contribution in [0.2, 0.25) is 5.02 Å². The van der Waals surface area contributed by atoms with Crippen LogP contribution in [0.4, 0.5) is 4.79 Å². The molecule has 1 aliphatic rings. The number of hydrogen-bond donors (Lipinski definition) is 1. The minimum absolute atomic E-state index is 0.290. The standard InChI is InChI=1S/C20H21ClN2O4S/c1-20(13-4-9-16(26-2)17(12-13)27-3)18(24)23(19(25)22-20)10-11-28-15-7-5-14(21)6-8-15/h4-9,12H,10-11H2,1-3H3,(H,22,25)/t20-/m0/s1. The van der Waals surface area contributed by atoms with Gasteiger partial charge in [0, 0.05) is 22.2 Å². The first-order valence-corrected chi connectivity index (χ1v) is 10.0. The van der Waals surface area contributed by atoms with Gasteiger partial charge in [-0.1, -0.05) is 17.7 Å². The number of hydrogen-bond acceptors (Lipinski definition) is 5. The molecule has 3 amide bonds. The van der Waals surface area contributed by atoms with Gasteiger partial charge in [-0.15, -0.1) is 11.8 Å². The van der Waals surface area contributed by atoms with Crippen LogP contribution in [0, 0.1) is 0 Å². The van der Waals surface area contributed by atoms with Crippen LogP contribution < -0.4 is 14.8 Å². The van der Waals surface area contributed by atoms with Crippen molar-refractivity contribution in [3.63, 3.8) is 0 Å². The molecule has 148 valence electrons. The van der Waals surface area contributed by atoms with Crippen LogP contribution in [0.1, 0.15) is 12.5 Å². The van der Waals surface area contributed by atoms with E-state index >= 15 is 0 Å². The van der Waals surface area contributed by atoms with Crippen molar-refractivity contribution in [3.05, 3.63) is 53.1 Å². The van der Waals surface area contributed by atoms with E-state index in [2.05, 4.69) is 5.32 Å². The average Bonchev–Trinajstić information content (AvgIpc) is 2.92. The number of methoxy groups -OCH3 is 2. The van der Waals surface area contributed by atoms with E-state index in [1.165, 1.54) is 12.0 Å². The van der Waals surface area contributed by atoms with Crippen molar-refractivity contribution < 1.29 is 19.1 Å². The van der Waals surface area contributed by atoms with Gasteiger partial charge < -0.3 is 14.8 Å². The highest BCUT2D eigenvalue weighted by molar-refractivity contribution is 7.99. The molecule has 1 aliphatic heterocycles. The zero-order valence-corrected chi connectivity index (χ0v) is 17.4. The molecule has 28 heavy (non-hydrogen) atoms. The Kier molecular flexibility index (Phi) is 6.05. The van der Waals surface area contributed by atoms with Crippen LogP contribution in [0.3, 0.4) is 0 Å². The fourth-order valence-electron chi connectivity index (χ4n) is 3.03. The molecule has 1 saturated heterocycles. The predicted octanol–water partition coefficient (Wildman–Crippen LogP) is 3.92. The Morgan fingerprint density at radius 2 is 1.75 bits per heavy atom. The Hall–Kier alpha value is -2.38. The van der Waals surface area contributed by atoms with Gasteiger partial charge in [0.15, 0.2) is 11.5 Å². The van der Waals surface area contributed by atoms with Gasteiger partial charge >= 0.3 is 6.03 Å². The van der Waals surface area contributed by atoms with Crippen LogP contribution in [-0.2, 0) is 10.3 Å². The molecule has 0 aromatic heterocycles. The van der Waals surface area contributed by atoms with Crippen LogP contribution in [0.5, 0.6) is 11.5 Å². The second kappa shape index (κ2) is 8.32. The lowest BCUT2D eigenvalue weighted by atomic mass is 9.91. The molecule has 3 rings (SSSR count). The number of ether oxygens (including phenoxy) is 2. The summed E-state index contributed by atoms with van der Waals surface area (Å²) < 4.78 is 10.6. The van der Waals surface area contributed by atoms with E-state index in [0.717, 1.165) is 4.90 Å². The fraction of sp³-hybridized carbons (Fsp3) is 0.300. The van der Waals surface area contributed by atoms with Crippen molar-refractivity contribution in [1.82, 2.24) is 10.2 Å². The monoisotopic (exact) mass is 420 g/mol. The van der Waals surface area contributed by atoms with Crippen molar-refractivity contribution in [2.45, 2.75) is 17.4 Å². The van der Waals surface area contributed by atoms with Gasteiger partial charge in [0.2, 0.25) is 0 Å². The minimum Gasteiger partial charge on any atom is -0.493 e. The summed E-state index contributed by atoms with van der Waals surface area (Å²) in [6.45, 7) is 2.00. The van der Waals surface area contributed by atoms with Crippen LogP contribution in [0.15, 0.2) is 47.4 Å². The molecule has 0 radical (unpaired) electrons. The maximum atomic E-state index is 13.0. The molecule has 2 aromatic carbocycles. The number of thioether (sulfide) groups is 1. The van der Waals surface area contributed by atoms with Gasteiger partial charge in [-0.2, -0.15) is 0 Å². The van der Waals surface area contributed by atoms with Crippen LogP contribution in [-0.4, -0.2) is 43.4 Å². The second-order valence-corrected chi connectivity index (χ2v) is 7.99. The first kappa shape index (κ1) is 20.4. The summed E-state index contributed by atoms with van der Waals surface area (Å²) in [5, 5.41) is 3.48. The second-order valence-electron chi connectivity index (χ2n) is 6.38. The van der Waals surface area contributed by atoms with E-state index in [0.29, 0.717) is 34.4 Å². The van der Waals surface area contributed by atoms with Gasteiger partial charge in [-0.3, -0.25) is 9.69 Å². The summed E-state index contributed by atoms with van der Waals surface area (Å²) in [7, 11) is 3.07. The number of halogens is 1. The van der Waals surface area contributed by atoms with E-state index < -0.39 is 11.6 Å². The molecule has 1 atom stereocenters. The van der Waals surface area contributed by atoms with Crippen molar-refractivity contribution in [1.29, 1.82) is 0 Å². The molecular weight excluding hydrogens is 400 g/mol. The molecule has 8 heteroatoms. The van der Waals surface area contributed by atoms with Crippen molar-refractivity contribution in [3.8, 4) is 11.5 Å². The first-order chi connectivity index (χ1) is 13.4. The number of rotatable bonds is 7. The molecule has 0 aliphatic carbocycles. The SMILES string of the molecule is COc1ccc([C@]2(C)NC(=O)N(CCSc3ccc(Cl)cc3)C2=O)cc1OC. The topological polar surface area (TPSA) is 67.9 Å². The Bertz CT molecular complexity index is 890. The molecule has 1 N–H and O–H groups in total. The molecule has 0 unspecified atom stereocenters. The van der Waals surface area contributed by atoms with Gasteiger partial charge in [0.05, 0.1) is 14.2 Å². The number of benzene rings is 2. The number of nitrogens with zero attached hydrogens (tertiary/aromatic N) is 1. The molecule has 0 spiro atoms. The normalized spacial score (nSPS) is 18.9. The van der Waals surface area contributed by atoms with E-state index in [1.54, 1.807) is 44.0 Å². The maximum absolute atomic E-state index is 13.0. The Balaban J connectivity index is 1.72. The van der Waals surface area contributed by atoms with Crippen molar-refractivity contribution in [2.24, 2.45) is 0 Å². The van der Waals surface area contributed by atoms with E-state index in [9.17, 15) is 9.59 Å². The molecule has 2 aromatic rings. The maximum Gasteiger partial charge on any atom is 0.325 e. The average molecular weight is 421 g/mol. The molecule has 0 bridgehead atoms. The Morgan fingerprint density at radius 3 is 2.39 bits per heavy atom. The molecule has 1 fully saturated rings. The zero-order chi connectivity index (χ0) is 20.3. The molecule has 6 nitrogen and oxygen atoms in total. The summed E-state index contributed by atoms with van der Waals surface area (Å²) in [4.78, 5) is 27.7. The Labute approximate surface area is 173 Å². The van der Waals surface area contributed by atoms with E-state index in [4.69, 9.17) is 21.1 Å². The number of carbonyl (C=O) groups excluding carboxylic acids is 2. The van der Waals surface area contributed by atoms with E-state index in [-0.39, 0.29) is 5.91 Å². The van der Waals surface area contributed by atoms with Crippen molar-refractivity contribution in [2.75, 3.05) is 26.5 Å². The number of urea groups is 1. The highest BCUT2D eigenvalue weighted by Crippen LogP contribution is 2.35. The summed E-state index contributed by atoms with van der Waals surface area (Å²) in [5.41, 5.74) is -0.516. The lowest BCUT2D eigenvalue weighted by Crippen LogP contribution is -2.41. The minimum atomic E-state index is -1.15. The largest absolute Gasteiger partial charge is 0.493 e. The lowest BCUT2D eigenvalue weighted by molar-refractivity contribution is -0.130. The predicted molar refractivity (Wildman–Crippen MR) is 109 cm³/mol. The molecule has 0 saturated carbocycles. The summed E-state index contributed by atoms with van der Waals surface area (Å²) in [6.07, 6.45) is 0. The number of carbonyl (C=O) groups is 2. The van der Waals surface area contributed by atoms with Crippen LogP contribution >= 0.6 is 23.4 Å². The Morgan fingerprint density at radius 1 is 1.07 bits per heavy atom. The third-order valence-electron chi connectivity index (χ3n) is 4.63. The van der Waals surface area contributed by atoms with Crippen LogP contribution in [0.25, 0.3) is 0 Å². The molecule has 1 heterocycles. The van der Waals surface area contributed by atoms with Crippen molar-refractivity contribution >= 4 is 35.3 Å². The third kappa shape index (κ3) is 3.91. The van der Waals surface area contributed by atoms with Gasteiger partial charge in [0.25, 0.3) is 5.91 Å². The smallest absolute Gasteiger partial charge is 0.325 e. The number of nitrogens with one attached hydrogen (secondary N) is 1. The van der Waals surface area contributed by atoms with E-state index in [1.807, 2.05) is 24.3 Å². The van der Waals surface area contributed by atoms with Gasteiger partial charge in [-0.25, -0.2) is 4.79 Å². The summed E-state index contributed by atoms with van der Waals surface area (Å²) in [5.74, 6) is 1.35. The highest BCUT2D eigenvalue weighted by Gasteiger charge is 2.49. The third-order valence-corrected chi connectivity index (χ3v) is 5.88. The van der Waals surface area contributed by atoms with Gasteiger partial charge in [0.1, 0.15) is 5.54 Å². The first-order valence-electron chi connectivity index (χ1n) is 8.64. The van der Waals surface area contributed by atoms with Gasteiger partial charge in [-0.05, 0) is 48.9 Å². The number of imide groups is 1. The zero-order valence-electron chi connectivity index (χ0n) is 15.8. The molecular formula is C20H21ClN2O4S. The fourth-order valence-corrected chi connectivity index (χ4v) is 3.99. The lowest BCUT2D eigenvalue weighted by Gasteiger charge is -2.23. The summed E-state index contributed by atoms with van der Waals surface area (Å²) in [6, 6.07) is 12.2. The highest BCUT2D eigenvalue weighted by atomic mass is 35.5. The summed E-state index contributed by atoms with van der Waals surface area (Å²) >= 11 is 7.44.